The second-order valence-electron chi connectivity index (χ2n) is 5.15. The average molecular weight is 359 g/mol. The van der Waals surface area contributed by atoms with Gasteiger partial charge in [-0.05, 0) is 30.3 Å². The van der Waals surface area contributed by atoms with Gasteiger partial charge in [0, 0.05) is 35.8 Å². The Hall–Kier alpha value is -2.93. The first-order chi connectivity index (χ1) is 12.2. The number of hydrogen-bond donors (Lipinski definition) is 1. The Morgan fingerprint density at radius 1 is 1.36 bits per heavy atom. The zero-order valence-electron chi connectivity index (χ0n) is 13.4. The molecule has 1 N–H and O–H groups in total. The zero-order chi connectivity index (χ0) is 17.6. The highest BCUT2D eigenvalue weighted by molar-refractivity contribution is 6.31. The lowest BCUT2D eigenvalue weighted by Crippen LogP contribution is -2.13. The van der Waals surface area contributed by atoms with Gasteiger partial charge in [0.15, 0.2) is 0 Å². The number of benzene rings is 1. The first kappa shape index (κ1) is 16.9. The van der Waals surface area contributed by atoms with Crippen molar-refractivity contribution in [3.05, 3.63) is 53.6 Å². The monoisotopic (exact) mass is 358 g/mol. The predicted octanol–water partition coefficient (Wildman–Crippen LogP) is 3.36. The minimum absolute atomic E-state index is 0.185. The Labute approximate surface area is 149 Å². The lowest BCUT2D eigenvalue weighted by molar-refractivity contribution is -0.116. The molecule has 0 aliphatic rings. The molecule has 0 saturated heterocycles. The largest absolute Gasteiger partial charge is 0.495 e. The Morgan fingerprint density at radius 2 is 2.24 bits per heavy atom. The van der Waals surface area contributed by atoms with Crippen LogP contribution < -0.4 is 10.1 Å². The van der Waals surface area contributed by atoms with E-state index in [9.17, 15) is 4.79 Å². The van der Waals surface area contributed by atoms with E-state index in [1.807, 2.05) is 6.07 Å². The first-order valence-electron chi connectivity index (χ1n) is 7.52. The van der Waals surface area contributed by atoms with Crippen molar-refractivity contribution in [3.63, 3.8) is 0 Å². The van der Waals surface area contributed by atoms with E-state index in [4.69, 9.17) is 20.9 Å². The number of carbonyl (C=O) groups excluding carboxylic acids is 1. The molecule has 0 atom stereocenters. The van der Waals surface area contributed by atoms with E-state index in [2.05, 4.69) is 20.4 Å². The topological polar surface area (TPSA) is 90.1 Å². The number of nitrogens with one attached hydrogen (secondary N) is 1. The van der Waals surface area contributed by atoms with Crippen LogP contribution in [0.3, 0.4) is 0 Å². The van der Waals surface area contributed by atoms with Crippen LogP contribution in [-0.4, -0.2) is 28.1 Å². The second kappa shape index (κ2) is 7.76. The molecule has 1 amide bonds. The van der Waals surface area contributed by atoms with Gasteiger partial charge in [-0.25, -0.2) is 0 Å². The van der Waals surface area contributed by atoms with Crippen molar-refractivity contribution in [1.29, 1.82) is 0 Å². The Kier molecular flexibility index (Phi) is 5.25. The maximum Gasteiger partial charge on any atom is 0.227 e. The van der Waals surface area contributed by atoms with Crippen LogP contribution in [0.4, 0.5) is 5.69 Å². The number of methoxy groups -OCH3 is 1. The van der Waals surface area contributed by atoms with E-state index in [0.717, 1.165) is 5.56 Å². The number of pyridine rings is 1. The van der Waals surface area contributed by atoms with E-state index in [0.29, 0.717) is 34.6 Å². The van der Waals surface area contributed by atoms with Crippen LogP contribution in [0.15, 0.2) is 47.2 Å². The minimum Gasteiger partial charge on any atom is -0.495 e. The van der Waals surface area contributed by atoms with E-state index in [1.165, 1.54) is 7.11 Å². The van der Waals surface area contributed by atoms with E-state index >= 15 is 0 Å². The number of aromatic nitrogens is 3. The molecule has 2 aromatic heterocycles. The number of amides is 1. The van der Waals surface area contributed by atoms with Crippen molar-refractivity contribution < 1.29 is 14.1 Å². The number of ether oxygens (including phenoxy) is 1. The molecule has 0 saturated carbocycles. The summed E-state index contributed by atoms with van der Waals surface area (Å²) in [5.41, 5.74) is 1.27. The van der Waals surface area contributed by atoms with Gasteiger partial charge in [-0.3, -0.25) is 9.78 Å². The number of rotatable bonds is 6. The third kappa shape index (κ3) is 4.33. The van der Waals surface area contributed by atoms with Gasteiger partial charge in [-0.1, -0.05) is 16.8 Å². The first-order valence-corrected chi connectivity index (χ1v) is 7.90. The summed E-state index contributed by atoms with van der Waals surface area (Å²) in [5, 5.41) is 7.16. The summed E-state index contributed by atoms with van der Waals surface area (Å²) in [6.07, 6.45) is 3.82. The summed E-state index contributed by atoms with van der Waals surface area (Å²) in [6, 6.07) is 8.63. The molecule has 0 fully saturated rings. The summed E-state index contributed by atoms with van der Waals surface area (Å²) in [5.74, 6) is 1.16. The van der Waals surface area contributed by atoms with Crippen LogP contribution in [0.5, 0.6) is 5.75 Å². The molecule has 0 aliphatic heterocycles. The van der Waals surface area contributed by atoms with E-state index in [-0.39, 0.29) is 12.3 Å². The van der Waals surface area contributed by atoms with Crippen LogP contribution in [0.25, 0.3) is 11.4 Å². The highest BCUT2D eigenvalue weighted by Gasteiger charge is 2.12. The fourth-order valence-electron chi connectivity index (χ4n) is 2.18. The molecule has 2 heterocycles. The van der Waals surface area contributed by atoms with Crippen molar-refractivity contribution in [2.45, 2.75) is 12.8 Å². The number of aryl methyl sites for hydroxylation is 1. The van der Waals surface area contributed by atoms with Crippen molar-refractivity contribution >= 4 is 23.2 Å². The van der Waals surface area contributed by atoms with Gasteiger partial charge < -0.3 is 14.6 Å². The van der Waals surface area contributed by atoms with Crippen LogP contribution in [0.1, 0.15) is 12.3 Å². The van der Waals surface area contributed by atoms with Gasteiger partial charge in [0.25, 0.3) is 0 Å². The van der Waals surface area contributed by atoms with Crippen molar-refractivity contribution in [2.75, 3.05) is 12.4 Å². The van der Waals surface area contributed by atoms with Crippen LogP contribution in [0, 0.1) is 0 Å². The Morgan fingerprint density at radius 3 is 3.00 bits per heavy atom. The second-order valence-corrected chi connectivity index (χ2v) is 5.58. The smallest absolute Gasteiger partial charge is 0.227 e. The molecular weight excluding hydrogens is 344 g/mol. The lowest BCUT2D eigenvalue weighted by atomic mass is 10.2. The predicted molar refractivity (Wildman–Crippen MR) is 92.5 cm³/mol. The third-order valence-electron chi connectivity index (χ3n) is 3.39. The zero-order valence-corrected chi connectivity index (χ0v) is 14.2. The minimum atomic E-state index is -0.207. The summed E-state index contributed by atoms with van der Waals surface area (Å²) in [6.45, 7) is 0. The standard InChI is InChI=1S/C17H15ClN4O3/c1-24-14-5-4-12(18)9-13(14)20-15(23)6-7-16-21-17(22-25-16)11-3-2-8-19-10-11/h2-5,8-10H,6-7H2,1H3,(H,20,23). The van der Waals surface area contributed by atoms with E-state index in [1.54, 1.807) is 36.7 Å². The molecule has 3 rings (SSSR count). The molecule has 3 aromatic rings. The third-order valence-corrected chi connectivity index (χ3v) is 3.62. The molecule has 0 radical (unpaired) electrons. The SMILES string of the molecule is COc1ccc(Cl)cc1NC(=O)CCc1nc(-c2cccnc2)no1. The van der Waals surface area contributed by atoms with Gasteiger partial charge >= 0.3 is 0 Å². The summed E-state index contributed by atoms with van der Waals surface area (Å²) in [7, 11) is 1.53. The van der Waals surface area contributed by atoms with Crippen LogP contribution >= 0.6 is 11.6 Å². The maximum atomic E-state index is 12.1. The normalized spacial score (nSPS) is 10.5. The average Bonchev–Trinajstić information content (AvgIpc) is 3.10. The highest BCUT2D eigenvalue weighted by Crippen LogP contribution is 2.27. The molecule has 128 valence electrons. The molecule has 0 spiro atoms. The molecule has 1 aromatic carbocycles. The van der Waals surface area contributed by atoms with Gasteiger partial charge in [0.05, 0.1) is 12.8 Å². The number of hydrogen-bond acceptors (Lipinski definition) is 6. The summed E-state index contributed by atoms with van der Waals surface area (Å²) >= 11 is 5.95. The molecule has 0 bridgehead atoms. The fourth-order valence-corrected chi connectivity index (χ4v) is 2.35. The van der Waals surface area contributed by atoms with Crippen LogP contribution in [-0.2, 0) is 11.2 Å². The van der Waals surface area contributed by atoms with Gasteiger partial charge in [-0.2, -0.15) is 4.98 Å². The number of carbonyl (C=O) groups is 1. The fraction of sp³-hybridized carbons (Fsp3) is 0.176. The molecule has 8 heteroatoms. The maximum absolute atomic E-state index is 12.1. The molecule has 0 aliphatic carbocycles. The van der Waals surface area contributed by atoms with Crippen LogP contribution in [0.2, 0.25) is 5.02 Å². The molecular formula is C17H15ClN4O3. The van der Waals surface area contributed by atoms with E-state index < -0.39 is 0 Å². The quantitative estimate of drug-likeness (QED) is 0.726. The Bertz CT molecular complexity index is 867. The van der Waals surface area contributed by atoms with Gasteiger partial charge in [-0.15, -0.1) is 0 Å². The van der Waals surface area contributed by atoms with Crippen molar-refractivity contribution in [2.24, 2.45) is 0 Å². The Balaban J connectivity index is 1.60. The highest BCUT2D eigenvalue weighted by atomic mass is 35.5. The number of nitrogens with zero attached hydrogens (tertiary/aromatic N) is 3. The summed E-state index contributed by atoms with van der Waals surface area (Å²) < 4.78 is 10.4. The van der Waals surface area contributed by atoms with Crippen molar-refractivity contribution in [3.8, 4) is 17.1 Å². The number of halogens is 1. The molecule has 25 heavy (non-hydrogen) atoms. The molecule has 0 unspecified atom stereocenters. The van der Waals surface area contributed by atoms with Gasteiger partial charge in [0.1, 0.15) is 5.75 Å². The van der Waals surface area contributed by atoms with Gasteiger partial charge in [0.2, 0.25) is 17.6 Å². The number of anilines is 1. The van der Waals surface area contributed by atoms with Crippen molar-refractivity contribution in [1.82, 2.24) is 15.1 Å². The lowest BCUT2D eigenvalue weighted by Gasteiger charge is -2.10. The summed E-state index contributed by atoms with van der Waals surface area (Å²) in [4.78, 5) is 20.4. The molecule has 7 nitrogen and oxygen atoms in total.